The van der Waals surface area contributed by atoms with Crippen LogP contribution in [0.3, 0.4) is 0 Å². The Morgan fingerprint density at radius 2 is 0.818 bits per heavy atom. The van der Waals surface area contributed by atoms with E-state index >= 15 is 0 Å². The number of aliphatic imine (C=N–C) groups is 1. The number of nitrogens with zero attached hydrogens (tertiary/aromatic N) is 4. The molecule has 0 atom stereocenters. The summed E-state index contributed by atoms with van der Waals surface area (Å²) in [5.41, 5.74) is 18.0. The maximum atomic E-state index is 5.43. The molecule has 0 unspecified atom stereocenters. The second-order valence-electron chi connectivity index (χ2n) is 22.1. The molecular formula is C82H80Br2N4. The summed E-state index contributed by atoms with van der Waals surface area (Å²) in [6.45, 7) is 4.54. The summed E-state index contributed by atoms with van der Waals surface area (Å²) < 4.78 is 2.03. The minimum atomic E-state index is 0.889. The number of aromatic nitrogens is 1. The molecule has 0 amide bonds. The molecule has 6 heteroatoms. The molecule has 0 saturated heterocycles. The molecule has 0 bridgehead atoms. The molecule has 0 fully saturated rings. The first kappa shape index (κ1) is 63.9. The van der Waals surface area contributed by atoms with Gasteiger partial charge in [-0.2, -0.15) is 0 Å². The van der Waals surface area contributed by atoms with Crippen molar-refractivity contribution in [2.45, 2.75) is 104 Å². The Labute approximate surface area is 541 Å². The van der Waals surface area contributed by atoms with Crippen molar-refractivity contribution in [2.75, 3.05) is 9.80 Å². The van der Waals surface area contributed by atoms with Gasteiger partial charge in [-0.3, -0.25) is 4.99 Å². The van der Waals surface area contributed by atoms with Gasteiger partial charge < -0.3 is 9.80 Å². The summed E-state index contributed by atoms with van der Waals surface area (Å²) in [4.78, 5) is 14.2. The van der Waals surface area contributed by atoms with Crippen LogP contribution < -0.4 is 9.80 Å². The Hall–Kier alpha value is -8.60. The van der Waals surface area contributed by atoms with Crippen LogP contribution in [0, 0.1) is 12.3 Å². The van der Waals surface area contributed by atoms with Crippen LogP contribution in [0.5, 0.6) is 0 Å². The average Bonchev–Trinajstić information content (AvgIpc) is 2.46. The van der Waals surface area contributed by atoms with Crippen molar-refractivity contribution in [3.8, 4) is 34.7 Å². The summed E-state index contributed by atoms with van der Waals surface area (Å²) >= 11 is 7.30. The van der Waals surface area contributed by atoms with E-state index in [9.17, 15) is 0 Å². The van der Waals surface area contributed by atoms with Gasteiger partial charge in [0.2, 0.25) is 0 Å². The maximum absolute atomic E-state index is 5.43. The van der Waals surface area contributed by atoms with Crippen LogP contribution >= 0.6 is 31.9 Å². The molecule has 0 aliphatic heterocycles. The van der Waals surface area contributed by atoms with Crippen LogP contribution in [0.25, 0.3) is 33.3 Å². The lowest BCUT2D eigenvalue weighted by atomic mass is 9.97. The van der Waals surface area contributed by atoms with Crippen LogP contribution in [0.4, 0.5) is 39.8 Å². The van der Waals surface area contributed by atoms with Gasteiger partial charge in [-0.25, -0.2) is 4.98 Å². The summed E-state index contributed by atoms with van der Waals surface area (Å²) in [6.07, 6.45) is 25.8. The number of unbranched alkanes of at least 4 members (excludes halogenated alkanes) is 10. The van der Waals surface area contributed by atoms with Gasteiger partial charge in [-0.05, 0) is 195 Å². The van der Waals surface area contributed by atoms with Gasteiger partial charge in [0.05, 0.1) is 16.9 Å². The highest BCUT2D eigenvalue weighted by Crippen LogP contribution is 2.39. The maximum Gasteiger partial charge on any atom is 0.0857 e. The van der Waals surface area contributed by atoms with Crippen molar-refractivity contribution < 1.29 is 0 Å². The minimum Gasteiger partial charge on any atom is -0.311 e. The van der Waals surface area contributed by atoms with Crippen molar-refractivity contribution >= 4 is 88.8 Å². The summed E-state index contributed by atoms with van der Waals surface area (Å²) in [7, 11) is 0. The first-order valence-corrected chi connectivity index (χ1v) is 33.0. The molecule has 0 aliphatic rings. The van der Waals surface area contributed by atoms with E-state index in [2.05, 4.69) is 261 Å². The summed E-state index contributed by atoms with van der Waals surface area (Å²) in [5, 5.41) is 1.14. The topological polar surface area (TPSA) is 31.7 Å². The molecule has 0 N–H and O–H groups in total. The molecule has 0 saturated carbocycles. The zero-order valence-corrected chi connectivity index (χ0v) is 54.2. The Balaban J connectivity index is 0.000000175. The van der Waals surface area contributed by atoms with E-state index in [0.717, 1.165) is 88.5 Å². The lowest BCUT2D eigenvalue weighted by Gasteiger charge is -2.25. The minimum absolute atomic E-state index is 0.889. The number of anilines is 6. The fourth-order valence-electron chi connectivity index (χ4n) is 10.8. The first-order valence-electron chi connectivity index (χ1n) is 31.4. The van der Waals surface area contributed by atoms with E-state index in [1.165, 1.54) is 106 Å². The number of hydrogen-bond acceptors (Lipinski definition) is 4. The highest BCUT2D eigenvalue weighted by atomic mass is 79.9. The fraction of sp³-hybridized carbons (Fsp3) is 0.195. The van der Waals surface area contributed by atoms with Crippen molar-refractivity contribution in [3.05, 3.63) is 298 Å². The SMILES string of the molecule is C#Cc1ccc(N(c2ccccc2)c2ccccc2)cc1.CCCCCCCCc1ccc(-c2cc(-c3ccc(N(c4ccccc4)c4ccccc4)cc3)c3cccc(Br)c3n2)cc1.CCCCCCCCc1ccc(C=Nc2ccccc2Br)cc1. The van der Waals surface area contributed by atoms with E-state index in [4.69, 9.17) is 11.4 Å². The number of fused-ring (bicyclic) bond motifs is 1. The van der Waals surface area contributed by atoms with Gasteiger partial charge in [0.25, 0.3) is 0 Å². The predicted octanol–water partition coefficient (Wildman–Crippen LogP) is 24.9. The molecule has 4 nitrogen and oxygen atoms in total. The monoisotopic (exact) mass is 1280 g/mol. The average molecular weight is 1280 g/mol. The lowest BCUT2D eigenvalue weighted by Crippen LogP contribution is -2.09. The summed E-state index contributed by atoms with van der Waals surface area (Å²) in [5.74, 6) is 2.65. The zero-order valence-electron chi connectivity index (χ0n) is 51.0. The van der Waals surface area contributed by atoms with Crippen LogP contribution in [0.1, 0.15) is 113 Å². The Bertz CT molecular complexity index is 3800. The van der Waals surface area contributed by atoms with Gasteiger partial charge in [0.1, 0.15) is 0 Å². The number of pyridine rings is 1. The Morgan fingerprint density at radius 1 is 0.409 bits per heavy atom. The first-order chi connectivity index (χ1) is 43.4. The highest BCUT2D eigenvalue weighted by molar-refractivity contribution is 9.11. The van der Waals surface area contributed by atoms with Crippen molar-refractivity contribution in [1.29, 1.82) is 0 Å². The van der Waals surface area contributed by atoms with Gasteiger partial charge in [-0.15, -0.1) is 6.42 Å². The van der Waals surface area contributed by atoms with Crippen molar-refractivity contribution in [2.24, 2.45) is 4.99 Å². The van der Waals surface area contributed by atoms with E-state index in [1.54, 1.807) is 0 Å². The van der Waals surface area contributed by atoms with Gasteiger partial charge in [0, 0.05) is 65.8 Å². The molecule has 0 spiro atoms. The number of aryl methyl sites for hydroxylation is 2. The van der Waals surface area contributed by atoms with Gasteiger partial charge in [0.15, 0.2) is 0 Å². The zero-order chi connectivity index (χ0) is 61.0. The van der Waals surface area contributed by atoms with Gasteiger partial charge in [-0.1, -0.05) is 242 Å². The van der Waals surface area contributed by atoms with E-state index in [0.29, 0.717) is 0 Å². The van der Waals surface area contributed by atoms with Crippen LogP contribution in [0.15, 0.2) is 281 Å². The van der Waals surface area contributed by atoms with E-state index in [-0.39, 0.29) is 0 Å². The lowest BCUT2D eigenvalue weighted by molar-refractivity contribution is 0.607. The number of hydrogen-bond donors (Lipinski definition) is 0. The number of terminal acetylenes is 1. The smallest absolute Gasteiger partial charge is 0.0857 e. The third-order valence-corrected chi connectivity index (χ3v) is 17.0. The molecule has 0 aliphatic carbocycles. The van der Waals surface area contributed by atoms with Crippen LogP contribution in [-0.2, 0) is 12.8 Å². The molecule has 442 valence electrons. The number of para-hydroxylation sites is 6. The molecule has 1 heterocycles. The van der Waals surface area contributed by atoms with Crippen LogP contribution in [0.2, 0.25) is 0 Å². The molecule has 1 aromatic heterocycles. The third kappa shape index (κ3) is 18.7. The number of benzene rings is 10. The number of rotatable bonds is 24. The summed E-state index contributed by atoms with van der Waals surface area (Å²) in [6, 6.07) is 93.0. The molecule has 88 heavy (non-hydrogen) atoms. The quantitative estimate of drug-likeness (QED) is 0.0343. The second-order valence-corrected chi connectivity index (χ2v) is 23.8. The highest BCUT2D eigenvalue weighted by Gasteiger charge is 2.16. The largest absolute Gasteiger partial charge is 0.311 e. The molecule has 0 radical (unpaired) electrons. The second kappa shape index (κ2) is 34.7. The van der Waals surface area contributed by atoms with E-state index < -0.39 is 0 Å². The number of halogens is 2. The Kier molecular flexibility index (Phi) is 25.2. The van der Waals surface area contributed by atoms with Crippen LogP contribution in [-0.4, -0.2) is 11.2 Å². The Morgan fingerprint density at radius 3 is 1.30 bits per heavy atom. The molecule has 10 aromatic carbocycles. The standard InChI is InChI=1S/C41H39BrN2.C21H26BrN.C20H15N/c1-2-3-4-5-6-9-15-31-22-24-33(25-23-31)40-30-38(37-20-14-21-39(42)41(37)43-40)32-26-28-36(29-27-32)44(34-16-10-7-11-17-34)35-18-12-8-13-19-35;1-2-3-4-5-6-7-10-18-13-15-19(16-14-18)17-23-21-12-9-8-11-20(21)22;1-2-17-13-15-20(16-14-17)21(18-9-5-3-6-10-18)19-11-7-4-8-12-19/h7-8,10-14,16-30H,2-6,9,15H2,1H3;8-9,11-17H,2-7,10H2,1H3;1,3-16H. The van der Waals surface area contributed by atoms with Gasteiger partial charge >= 0.3 is 0 Å². The molecule has 11 rings (SSSR count). The van der Waals surface area contributed by atoms with Crippen molar-refractivity contribution in [1.82, 2.24) is 4.98 Å². The third-order valence-electron chi connectivity index (χ3n) is 15.6. The fourth-order valence-corrected chi connectivity index (χ4v) is 11.7. The normalized spacial score (nSPS) is 10.9. The predicted molar refractivity (Wildman–Crippen MR) is 386 cm³/mol. The van der Waals surface area contributed by atoms with Crippen molar-refractivity contribution in [3.63, 3.8) is 0 Å². The van der Waals surface area contributed by atoms with E-state index in [1.807, 2.05) is 79.0 Å². The molecular weight excluding hydrogens is 1200 g/mol. The molecule has 11 aromatic rings.